The maximum Gasteiger partial charge on any atom is 0.0133 e. The van der Waals surface area contributed by atoms with Gasteiger partial charge in [-0.3, -0.25) is 0 Å². The van der Waals surface area contributed by atoms with Crippen molar-refractivity contribution < 1.29 is 0 Å². The first-order valence-electron chi connectivity index (χ1n) is 7.84. The topological polar surface area (TPSA) is 12.0 Å². The molecule has 1 N–H and O–H groups in total. The summed E-state index contributed by atoms with van der Waals surface area (Å²) in [5.41, 5.74) is 4.94. The highest BCUT2D eigenvalue weighted by Gasteiger charge is 2.50. The average molecular weight is 259 g/mol. The van der Waals surface area contributed by atoms with Gasteiger partial charge in [-0.1, -0.05) is 39.0 Å². The Balaban J connectivity index is 2.20. The van der Waals surface area contributed by atoms with Crippen LogP contribution in [0.25, 0.3) is 0 Å². The number of nitrogens with one attached hydrogen (secondary N) is 1. The molecule has 1 heteroatoms. The first kappa shape index (κ1) is 14.6. The van der Waals surface area contributed by atoms with Gasteiger partial charge in [0, 0.05) is 6.04 Å². The van der Waals surface area contributed by atoms with E-state index in [0.717, 1.165) is 12.5 Å². The minimum atomic E-state index is 0.424. The molecule has 1 saturated carbocycles. The monoisotopic (exact) mass is 259 g/mol. The molecular formula is C18H29N. The van der Waals surface area contributed by atoms with E-state index < -0.39 is 0 Å². The summed E-state index contributed by atoms with van der Waals surface area (Å²) in [6.45, 7) is 12.7. The zero-order chi connectivity index (χ0) is 14.0. The fraction of sp³-hybridized carbons (Fsp3) is 0.667. The lowest BCUT2D eigenvalue weighted by atomic mass is 9.53. The van der Waals surface area contributed by atoms with Crippen LogP contribution < -0.4 is 5.32 Å². The fourth-order valence-electron chi connectivity index (χ4n) is 3.62. The van der Waals surface area contributed by atoms with Gasteiger partial charge in [0.2, 0.25) is 0 Å². The smallest absolute Gasteiger partial charge is 0.0133 e. The molecule has 2 rings (SSSR count). The number of rotatable bonds is 5. The molecule has 1 nitrogen and oxygen atoms in total. The van der Waals surface area contributed by atoms with Crippen LogP contribution >= 0.6 is 0 Å². The summed E-state index contributed by atoms with van der Waals surface area (Å²) in [7, 11) is 0. The minimum Gasteiger partial charge on any atom is -0.313 e. The van der Waals surface area contributed by atoms with Crippen molar-refractivity contribution in [2.24, 2.45) is 5.41 Å². The number of benzene rings is 1. The molecule has 0 bridgehead atoms. The van der Waals surface area contributed by atoms with Crippen LogP contribution in [0, 0.1) is 19.3 Å². The first-order valence-corrected chi connectivity index (χ1v) is 7.84. The molecule has 1 aliphatic carbocycles. The SMILES string of the molecule is CCCNC1CC(c2cccc(C)c2C)C1(C)CC. The van der Waals surface area contributed by atoms with Crippen molar-refractivity contribution in [1.29, 1.82) is 0 Å². The van der Waals surface area contributed by atoms with E-state index in [2.05, 4.69) is 58.1 Å². The quantitative estimate of drug-likeness (QED) is 0.816. The van der Waals surface area contributed by atoms with Crippen molar-refractivity contribution in [3.05, 3.63) is 34.9 Å². The van der Waals surface area contributed by atoms with Gasteiger partial charge in [-0.2, -0.15) is 0 Å². The van der Waals surface area contributed by atoms with Gasteiger partial charge < -0.3 is 5.32 Å². The third-order valence-corrected chi connectivity index (χ3v) is 5.49. The Morgan fingerprint density at radius 3 is 2.63 bits per heavy atom. The molecule has 0 radical (unpaired) electrons. The van der Waals surface area contributed by atoms with Gasteiger partial charge in [0.1, 0.15) is 0 Å². The number of hydrogen-bond donors (Lipinski definition) is 1. The van der Waals surface area contributed by atoms with Gasteiger partial charge in [0.25, 0.3) is 0 Å². The largest absolute Gasteiger partial charge is 0.313 e. The first-order chi connectivity index (χ1) is 9.04. The zero-order valence-corrected chi connectivity index (χ0v) is 13.2. The van der Waals surface area contributed by atoms with Crippen molar-refractivity contribution in [1.82, 2.24) is 5.32 Å². The predicted molar refractivity (Wildman–Crippen MR) is 83.8 cm³/mol. The standard InChI is InChI=1S/C18H29N/c1-6-11-19-17-12-16(18(17,5)7-2)15-10-8-9-13(3)14(15)4/h8-10,16-17,19H,6-7,11-12H2,1-5H3. The van der Waals surface area contributed by atoms with E-state index in [1.807, 2.05) is 0 Å². The molecule has 1 aromatic rings. The summed E-state index contributed by atoms with van der Waals surface area (Å²) in [4.78, 5) is 0. The molecule has 0 amide bonds. The Morgan fingerprint density at radius 1 is 1.26 bits per heavy atom. The van der Waals surface area contributed by atoms with E-state index in [-0.39, 0.29) is 0 Å². The van der Waals surface area contributed by atoms with Crippen molar-refractivity contribution >= 4 is 0 Å². The number of aryl methyl sites for hydroxylation is 1. The lowest BCUT2D eigenvalue weighted by Crippen LogP contribution is -2.57. The second kappa shape index (κ2) is 5.66. The van der Waals surface area contributed by atoms with Crippen LogP contribution in [0.5, 0.6) is 0 Å². The summed E-state index contributed by atoms with van der Waals surface area (Å²) >= 11 is 0. The summed E-state index contributed by atoms with van der Waals surface area (Å²) in [5.74, 6) is 0.728. The highest BCUT2D eigenvalue weighted by Crippen LogP contribution is 2.55. The van der Waals surface area contributed by atoms with E-state index >= 15 is 0 Å². The predicted octanol–water partition coefficient (Wildman–Crippen LogP) is 4.58. The van der Waals surface area contributed by atoms with Crippen molar-refractivity contribution in [2.75, 3.05) is 6.54 Å². The second-order valence-electron chi connectivity index (χ2n) is 6.44. The lowest BCUT2D eigenvalue weighted by molar-refractivity contribution is 0.0441. The Hall–Kier alpha value is -0.820. The van der Waals surface area contributed by atoms with Gasteiger partial charge in [0.15, 0.2) is 0 Å². The number of hydrogen-bond acceptors (Lipinski definition) is 1. The molecule has 0 heterocycles. The van der Waals surface area contributed by atoms with Crippen LogP contribution in [0.2, 0.25) is 0 Å². The van der Waals surface area contributed by atoms with Crippen LogP contribution in [-0.2, 0) is 0 Å². The van der Waals surface area contributed by atoms with E-state index in [1.54, 1.807) is 5.56 Å². The third-order valence-electron chi connectivity index (χ3n) is 5.49. The molecule has 106 valence electrons. The van der Waals surface area contributed by atoms with Gasteiger partial charge >= 0.3 is 0 Å². The van der Waals surface area contributed by atoms with Crippen LogP contribution in [-0.4, -0.2) is 12.6 Å². The summed E-state index contributed by atoms with van der Waals surface area (Å²) in [6, 6.07) is 7.49. The Morgan fingerprint density at radius 2 is 2.00 bits per heavy atom. The molecule has 1 fully saturated rings. The molecule has 1 aromatic carbocycles. The molecule has 1 aliphatic rings. The van der Waals surface area contributed by atoms with E-state index in [0.29, 0.717) is 11.5 Å². The molecule has 19 heavy (non-hydrogen) atoms. The summed E-state index contributed by atoms with van der Waals surface area (Å²) in [5, 5.41) is 3.74. The molecule has 0 aliphatic heterocycles. The lowest BCUT2D eigenvalue weighted by Gasteiger charge is -2.55. The third kappa shape index (κ3) is 2.45. The van der Waals surface area contributed by atoms with Gasteiger partial charge in [-0.25, -0.2) is 0 Å². The van der Waals surface area contributed by atoms with E-state index in [4.69, 9.17) is 0 Å². The fourth-order valence-corrected chi connectivity index (χ4v) is 3.62. The van der Waals surface area contributed by atoms with Crippen molar-refractivity contribution in [3.63, 3.8) is 0 Å². The van der Waals surface area contributed by atoms with Crippen LogP contribution in [0.15, 0.2) is 18.2 Å². The molecule has 0 saturated heterocycles. The van der Waals surface area contributed by atoms with Gasteiger partial charge in [-0.05, 0) is 67.7 Å². The Kier molecular flexibility index (Phi) is 4.35. The molecule has 3 atom stereocenters. The van der Waals surface area contributed by atoms with Crippen LogP contribution in [0.4, 0.5) is 0 Å². The molecule has 3 unspecified atom stereocenters. The van der Waals surface area contributed by atoms with E-state index in [1.165, 1.54) is 30.4 Å². The van der Waals surface area contributed by atoms with E-state index in [9.17, 15) is 0 Å². The second-order valence-corrected chi connectivity index (χ2v) is 6.44. The Bertz CT molecular complexity index is 437. The summed E-state index contributed by atoms with van der Waals surface area (Å²) < 4.78 is 0. The van der Waals surface area contributed by atoms with Crippen molar-refractivity contribution in [3.8, 4) is 0 Å². The van der Waals surface area contributed by atoms with Crippen molar-refractivity contribution in [2.45, 2.75) is 65.8 Å². The molecule has 0 aromatic heterocycles. The molecular weight excluding hydrogens is 230 g/mol. The maximum atomic E-state index is 3.74. The summed E-state index contributed by atoms with van der Waals surface area (Å²) in [6.07, 6.45) is 3.78. The van der Waals surface area contributed by atoms with Gasteiger partial charge in [-0.15, -0.1) is 0 Å². The van der Waals surface area contributed by atoms with Crippen LogP contribution in [0.3, 0.4) is 0 Å². The van der Waals surface area contributed by atoms with Crippen LogP contribution in [0.1, 0.15) is 62.6 Å². The highest BCUT2D eigenvalue weighted by atomic mass is 15.0. The maximum absolute atomic E-state index is 3.74. The Labute approximate surface area is 118 Å². The molecule has 0 spiro atoms. The zero-order valence-electron chi connectivity index (χ0n) is 13.2. The normalized spacial score (nSPS) is 30.2. The van der Waals surface area contributed by atoms with Gasteiger partial charge in [0.05, 0.1) is 0 Å². The average Bonchev–Trinajstić information content (AvgIpc) is 2.41. The minimum absolute atomic E-state index is 0.424. The highest BCUT2D eigenvalue weighted by molar-refractivity contribution is 5.39.